The molecule has 2 aliphatic heterocycles. The van der Waals surface area contributed by atoms with Gasteiger partial charge in [-0.15, -0.1) is 0 Å². The molecule has 1 aromatic rings. The van der Waals surface area contributed by atoms with Gasteiger partial charge < -0.3 is 14.8 Å². The highest BCUT2D eigenvalue weighted by Crippen LogP contribution is 2.33. The number of fused-ring (bicyclic) bond motifs is 1. The van der Waals surface area contributed by atoms with Crippen molar-refractivity contribution in [3.8, 4) is 11.5 Å². The maximum Gasteiger partial charge on any atom is 0.227 e. The highest BCUT2D eigenvalue weighted by Gasteiger charge is 2.30. The number of anilines is 1. The number of nitrogens with zero attached hydrogens (tertiary/aromatic N) is 1. The number of hydrogen-bond donors (Lipinski definition) is 1. The van der Waals surface area contributed by atoms with Crippen LogP contribution in [0.5, 0.6) is 11.5 Å². The maximum absolute atomic E-state index is 12.5. The zero-order chi connectivity index (χ0) is 18.6. The SMILES string of the molecule is CCCCS(=O)(=O)N1CCC(C(=O)Nc2ccc3c(c2)OCCO3)CC1. The second kappa shape index (κ2) is 8.26. The molecule has 1 fully saturated rings. The number of benzene rings is 1. The summed E-state index contributed by atoms with van der Waals surface area (Å²) in [6, 6.07) is 5.33. The first kappa shape index (κ1) is 19.0. The molecular formula is C18H26N2O5S. The summed E-state index contributed by atoms with van der Waals surface area (Å²) in [4.78, 5) is 12.5. The summed E-state index contributed by atoms with van der Waals surface area (Å²) >= 11 is 0. The Kier molecular flexibility index (Phi) is 6.03. The van der Waals surface area contributed by atoms with Crippen molar-refractivity contribution in [2.45, 2.75) is 32.6 Å². The summed E-state index contributed by atoms with van der Waals surface area (Å²) < 4.78 is 37.0. The molecule has 0 bridgehead atoms. The lowest BCUT2D eigenvalue weighted by Gasteiger charge is -2.30. The minimum absolute atomic E-state index is 0.0766. The predicted molar refractivity (Wildman–Crippen MR) is 99.1 cm³/mol. The Morgan fingerprint density at radius 2 is 1.88 bits per heavy atom. The third-order valence-electron chi connectivity index (χ3n) is 4.78. The van der Waals surface area contributed by atoms with E-state index in [1.54, 1.807) is 18.2 Å². The zero-order valence-electron chi connectivity index (χ0n) is 15.1. The van der Waals surface area contributed by atoms with Crippen molar-refractivity contribution in [2.24, 2.45) is 5.92 Å². The van der Waals surface area contributed by atoms with Crippen LogP contribution in [0.4, 0.5) is 5.69 Å². The van der Waals surface area contributed by atoms with Crippen LogP contribution >= 0.6 is 0 Å². The van der Waals surface area contributed by atoms with Gasteiger partial charge in [-0.2, -0.15) is 0 Å². The van der Waals surface area contributed by atoms with Gasteiger partial charge in [-0.25, -0.2) is 12.7 Å². The Hall–Kier alpha value is -1.80. The van der Waals surface area contributed by atoms with Crippen molar-refractivity contribution in [1.29, 1.82) is 0 Å². The number of unbranched alkanes of at least 4 members (excludes halogenated alkanes) is 1. The molecule has 0 saturated carbocycles. The fourth-order valence-electron chi connectivity index (χ4n) is 3.22. The Morgan fingerprint density at radius 3 is 2.58 bits per heavy atom. The number of rotatable bonds is 6. The molecule has 3 rings (SSSR count). The number of carbonyl (C=O) groups excluding carboxylic acids is 1. The molecule has 0 spiro atoms. The van der Waals surface area contributed by atoms with Crippen LogP contribution in [0.2, 0.25) is 0 Å². The molecule has 8 heteroatoms. The highest BCUT2D eigenvalue weighted by molar-refractivity contribution is 7.89. The maximum atomic E-state index is 12.5. The number of ether oxygens (including phenoxy) is 2. The van der Waals surface area contributed by atoms with Gasteiger partial charge in [-0.3, -0.25) is 4.79 Å². The molecule has 0 radical (unpaired) electrons. The van der Waals surface area contributed by atoms with E-state index in [4.69, 9.17) is 9.47 Å². The largest absolute Gasteiger partial charge is 0.486 e. The number of piperidine rings is 1. The summed E-state index contributed by atoms with van der Waals surface area (Å²) in [7, 11) is -3.19. The van der Waals surface area contributed by atoms with Crippen LogP contribution in [0.3, 0.4) is 0 Å². The monoisotopic (exact) mass is 382 g/mol. The van der Waals surface area contributed by atoms with Crippen LogP contribution in [-0.2, 0) is 14.8 Å². The van der Waals surface area contributed by atoms with Gasteiger partial charge in [0.25, 0.3) is 0 Å². The van der Waals surface area contributed by atoms with Crippen molar-refractivity contribution in [2.75, 3.05) is 37.4 Å². The molecule has 0 aromatic heterocycles. The highest BCUT2D eigenvalue weighted by atomic mass is 32.2. The Balaban J connectivity index is 1.54. The van der Waals surface area contributed by atoms with E-state index in [-0.39, 0.29) is 17.6 Å². The topological polar surface area (TPSA) is 84.9 Å². The Morgan fingerprint density at radius 1 is 1.19 bits per heavy atom. The van der Waals surface area contributed by atoms with Gasteiger partial charge in [0.15, 0.2) is 11.5 Å². The smallest absolute Gasteiger partial charge is 0.227 e. The molecule has 2 aliphatic rings. The summed E-state index contributed by atoms with van der Waals surface area (Å²) in [5.41, 5.74) is 0.664. The number of hydrogen-bond acceptors (Lipinski definition) is 5. The molecule has 26 heavy (non-hydrogen) atoms. The van der Waals surface area contributed by atoms with Gasteiger partial charge >= 0.3 is 0 Å². The van der Waals surface area contributed by atoms with E-state index in [1.807, 2.05) is 6.92 Å². The quantitative estimate of drug-likeness (QED) is 0.816. The van der Waals surface area contributed by atoms with Crippen LogP contribution < -0.4 is 14.8 Å². The van der Waals surface area contributed by atoms with Gasteiger partial charge in [0.1, 0.15) is 13.2 Å². The standard InChI is InChI=1S/C18H26N2O5S/c1-2-3-12-26(22,23)20-8-6-14(7-9-20)18(21)19-15-4-5-16-17(13-15)25-11-10-24-16/h4-5,13-14H,2-3,6-12H2,1H3,(H,19,21). The average molecular weight is 382 g/mol. The third kappa shape index (κ3) is 4.48. The first-order valence-corrected chi connectivity index (χ1v) is 10.8. The van der Waals surface area contributed by atoms with Gasteiger partial charge in [-0.05, 0) is 31.4 Å². The van der Waals surface area contributed by atoms with Crippen molar-refractivity contribution >= 4 is 21.6 Å². The summed E-state index contributed by atoms with van der Waals surface area (Å²) in [6.45, 7) is 3.81. The predicted octanol–water partition coefficient (Wildman–Crippen LogP) is 2.24. The van der Waals surface area contributed by atoms with Gasteiger partial charge in [0.05, 0.1) is 5.75 Å². The summed E-state index contributed by atoms with van der Waals surface area (Å²) in [5, 5.41) is 2.91. The van der Waals surface area contributed by atoms with Crippen LogP contribution in [0.15, 0.2) is 18.2 Å². The fourth-order valence-corrected chi connectivity index (χ4v) is 4.90. The first-order valence-electron chi connectivity index (χ1n) is 9.18. The molecule has 2 heterocycles. The van der Waals surface area contributed by atoms with E-state index in [0.717, 1.165) is 6.42 Å². The molecule has 1 aromatic carbocycles. The molecule has 1 N–H and O–H groups in total. The van der Waals surface area contributed by atoms with E-state index in [9.17, 15) is 13.2 Å². The third-order valence-corrected chi connectivity index (χ3v) is 6.74. The van der Waals surface area contributed by atoms with E-state index in [2.05, 4.69) is 5.32 Å². The van der Waals surface area contributed by atoms with Crippen molar-refractivity contribution in [3.63, 3.8) is 0 Å². The molecule has 7 nitrogen and oxygen atoms in total. The average Bonchev–Trinajstić information content (AvgIpc) is 2.66. The molecule has 0 unspecified atom stereocenters. The fraction of sp³-hybridized carbons (Fsp3) is 0.611. The first-order chi connectivity index (χ1) is 12.5. The molecule has 1 saturated heterocycles. The number of sulfonamides is 1. The van der Waals surface area contributed by atoms with Crippen LogP contribution in [0, 0.1) is 5.92 Å². The lowest BCUT2D eigenvalue weighted by molar-refractivity contribution is -0.120. The van der Waals surface area contributed by atoms with Crippen molar-refractivity contribution in [1.82, 2.24) is 4.31 Å². The van der Waals surface area contributed by atoms with Crippen LogP contribution in [-0.4, -0.2) is 50.7 Å². The number of carbonyl (C=O) groups is 1. The van der Waals surface area contributed by atoms with Gasteiger partial charge in [-0.1, -0.05) is 13.3 Å². The normalized spacial score (nSPS) is 18.5. The Bertz CT molecular complexity index is 742. The van der Waals surface area contributed by atoms with E-state index < -0.39 is 10.0 Å². The van der Waals surface area contributed by atoms with E-state index in [0.29, 0.717) is 62.8 Å². The second-order valence-electron chi connectivity index (χ2n) is 6.69. The number of amides is 1. The van der Waals surface area contributed by atoms with Crippen LogP contribution in [0.1, 0.15) is 32.6 Å². The minimum atomic E-state index is -3.19. The van der Waals surface area contributed by atoms with E-state index >= 15 is 0 Å². The van der Waals surface area contributed by atoms with Crippen molar-refractivity contribution < 1.29 is 22.7 Å². The summed E-state index contributed by atoms with van der Waals surface area (Å²) in [6.07, 6.45) is 2.62. The molecule has 0 aliphatic carbocycles. The second-order valence-corrected chi connectivity index (χ2v) is 8.78. The number of nitrogens with one attached hydrogen (secondary N) is 1. The van der Waals surface area contributed by atoms with E-state index in [1.165, 1.54) is 4.31 Å². The molecule has 144 valence electrons. The van der Waals surface area contributed by atoms with Crippen molar-refractivity contribution in [3.05, 3.63) is 18.2 Å². The van der Waals surface area contributed by atoms with Gasteiger partial charge in [0.2, 0.25) is 15.9 Å². The molecular weight excluding hydrogens is 356 g/mol. The minimum Gasteiger partial charge on any atom is -0.486 e. The summed E-state index contributed by atoms with van der Waals surface area (Å²) in [5.74, 6) is 1.25. The lowest BCUT2D eigenvalue weighted by atomic mass is 9.97. The molecule has 1 amide bonds. The van der Waals surface area contributed by atoms with Gasteiger partial charge in [0, 0.05) is 30.8 Å². The van der Waals surface area contributed by atoms with Crippen LogP contribution in [0.25, 0.3) is 0 Å². The lowest BCUT2D eigenvalue weighted by Crippen LogP contribution is -2.42. The zero-order valence-corrected chi connectivity index (χ0v) is 15.9. The Labute approximate surface area is 154 Å². The molecule has 0 atom stereocenters.